The van der Waals surface area contributed by atoms with Crippen LogP contribution in [0.25, 0.3) is 0 Å². The molecule has 0 aliphatic carbocycles. The highest BCUT2D eigenvalue weighted by atomic mass is 15.3. The summed E-state index contributed by atoms with van der Waals surface area (Å²) in [4.78, 5) is 0. The average molecular weight is 285 g/mol. The summed E-state index contributed by atoms with van der Waals surface area (Å²) < 4.78 is 2.15. The SMILES string of the molecule is CCNC(CCc1cc(CC)nn1CC)c1ccccc1. The van der Waals surface area contributed by atoms with E-state index in [1.807, 2.05) is 0 Å². The quantitative estimate of drug-likeness (QED) is 0.800. The first-order valence-corrected chi connectivity index (χ1v) is 8.12. The number of aryl methyl sites for hydroxylation is 3. The molecule has 1 unspecified atom stereocenters. The zero-order valence-corrected chi connectivity index (χ0v) is 13.5. The molecule has 0 aliphatic rings. The van der Waals surface area contributed by atoms with Gasteiger partial charge in [0, 0.05) is 18.3 Å². The van der Waals surface area contributed by atoms with Crippen LogP contribution in [-0.2, 0) is 19.4 Å². The van der Waals surface area contributed by atoms with Gasteiger partial charge in [-0.1, -0.05) is 44.2 Å². The lowest BCUT2D eigenvalue weighted by Crippen LogP contribution is -2.21. The molecule has 0 radical (unpaired) electrons. The number of hydrogen-bond acceptors (Lipinski definition) is 2. The summed E-state index contributed by atoms with van der Waals surface area (Å²) >= 11 is 0. The van der Waals surface area contributed by atoms with Crippen LogP contribution in [0.4, 0.5) is 0 Å². The van der Waals surface area contributed by atoms with Crippen LogP contribution in [0.3, 0.4) is 0 Å². The molecule has 1 aromatic heterocycles. The molecule has 0 amide bonds. The van der Waals surface area contributed by atoms with Crippen molar-refractivity contribution in [2.24, 2.45) is 0 Å². The van der Waals surface area contributed by atoms with E-state index in [0.717, 1.165) is 32.4 Å². The van der Waals surface area contributed by atoms with Gasteiger partial charge < -0.3 is 5.32 Å². The first kappa shape index (κ1) is 15.8. The van der Waals surface area contributed by atoms with E-state index in [2.05, 4.69) is 72.3 Å². The molecule has 0 fully saturated rings. The number of nitrogens with one attached hydrogen (secondary N) is 1. The fraction of sp³-hybridized carbons (Fsp3) is 0.500. The maximum Gasteiger partial charge on any atom is 0.0624 e. The maximum atomic E-state index is 4.64. The van der Waals surface area contributed by atoms with Gasteiger partial charge in [0.15, 0.2) is 0 Å². The van der Waals surface area contributed by atoms with Crippen LogP contribution < -0.4 is 5.32 Å². The molecule has 2 aromatic rings. The lowest BCUT2D eigenvalue weighted by atomic mass is 10.0. The van der Waals surface area contributed by atoms with E-state index in [9.17, 15) is 0 Å². The minimum Gasteiger partial charge on any atom is -0.310 e. The van der Waals surface area contributed by atoms with Crippen LogP contribution >= 0.6 is 0 Å². The maximum absolute atomic E-state index is 4.64. The van der Waals surface area contributed by atoms with E-state index in [-0.39, 0.29) is 0 Å². The Morgan fingerprint density at radius 3 is 2.52 bits per heavy atom. The van der Waals surface area contributed by atoms with Crippen molar-refractivity contribution in [2.45, 2.75) is 52.6 Å². The van der Waals surface area contributed by atoms with Gasteiger partial charge in [-0.15, -0.1) is 0 Å². The van der Waals surface area contributed by atoms with Crippen LogP contribution in [-0.4, -0.2) is 16.3 Å². The van der Waals surface area contributed by atoms with Gasteiger partial charge >= 0.3 is 0 Å². The molecule has 1 atom stereocenters. The summed E-state index contributed by atoms with van der Waals surface area (Å²) in [5, 5.41) is 8.24. The zero-order valence-electron chi connectivity index (χ0n) is 13.5. The highest BCUT2D eigenvalue weighted by Gasteiger charge is 2.12. The molecular weight excluding hydrogens is 258 g/mol. The van der Waals surface area contributed by atoms with Gasteiger partial charge in [-0.2, -0.15) is 5.10 Å². The topological polar surface area (TPSA) is 29.9 Å². The smallest absolute Gasteiger partial charge is 0.0624 e. The Hall–Kier alpha value is -1.61. The number of rotatable bonds is 8. The Morgan fingerprint density at radius 2 is 1.90 bits per heavy atom. The van der Waals surface area contributed by atoms with E-state index in [1.165, 1.54) is 17.0 Å². The van der Waals surface area contributed by atoms with E-state index < -0.39 is 0 Å². The second kappa shape index (κ2) is 7.99. The van der Waals surface area contributed by atoms with E-state index in [1.54, 1.807) is 0 Å². The molecule has 0 saturated carbocycles. The van der Waals surface area contributed by atoms with Crippen molar-refractivity contribution >= 4 is 0 Å². The average Bonchev–Trinajstić information content (AvgIpc) is 2.94. The highest BCUT2D eigenvalue weighted by molar-refractivity contribution is 5.19. The van der Waals surface area contributed by atoms with Crippen molar-refractivity contribution in [1.29, 1.82) is 0 Å². The van der Waals surface area contributed by atoms with Gasteiger partial charge in [-0.25, -0.2) is 0 Å². The summed E-state index contributed by atoms with van der Waals surface area (Å²) in [6.07, 6.45) is 3.18. The van der Waals surface area contributed by atoms with Crippen LogP contribution in [0.5, 0.6) is 0 Å². The second-order valence-electron chi connectivity index (χ2n) is 5.36. The molecule has 21 heavy (non-hydrogen) atoms. The van der Waals surface area contributed by atoms with E-state index >= 15 is 0 Å². The molecule has 1 aromatic carbocycles. The molecular formula is C18H27N3. The van der Waals surface area contributed by atoms with Crippen LogP contribution in [0.15, 0.2) is 36.4 Å². The Kier molecular flexibility index (Phi) is 6.00. The zero-order chi connectivity index (χ0) is 15.1. The Balaban J connectivity index is 2.06. The summed E-state index contributed by atoms with van der Waals surface area (Å²) in [6, 6.07) is 13.4. The molecule has 3 nitrogen and oxygen atoms in total. The molecule has 0 saturated heterocycles. The monoisotopic (exact) mass is 285 g/mol. The van der Waals surface area contributed by atoms with Gasteiger partial charge in [-0.05, 0) is 44.4 Å². The highest BCUT2D eigenvalue weighted by Crippen LogP contribution is 2.19. The molecule has 1 N–H and O–H groups in total. The molecule has 0 aliphatic heterocycles. The first-order chi connectivity index (χ1) is 10.3. The Bertz CT molecular complexity index is 531. The third-order valence-electron chi connectivity index (χ3n) is 3.92. The minimum atomic E-state index is 0.418. The first-order valence-electron chi connectivity index (χ1n) is 8.12. The van der Waals surface area contributed by atoms with Gasteiger partial charge in [-0.3, -0.25) is 4.68 Å². The van der Waals surface area contributed by atoms with Crippen molar-refractivity contribution in [3.8, 4) is 0 Å². The number of aromatic nitrogens is 2. The van der Waals surface area contributed by atoms with Gasteiger partial charge in [0.1, 0.15) is 0 Å². The molecule has 114 valence electrons. The van der Waals surface area contributed by atoms with Crippen molar-refractivity contribution in [1.82, 2.24) is 15.1 Å². The van der Waals surface area contributed by atoms with Gasteiger partial charge in [0.05, 0.1) is 5.69 Å². The van der Waals surface area contributed by atoms with Crippen molar-refractivity contribution in [2.75, 3.05) is 6.54 Å². The van der Waals surface area contributed by atoms with Crippen LogP contribution in [0.2, 0.25) is 0 Å². The van der Waals surface area contributed by atoms with Crippen LogP contribution in [0, 0.1) is 0 Å². The number of hydrogen-bond donors (Lipinski definition) is 1. The summed E-state index contributed by atoms with van der Waals surface area (Å²) in [5.74, 6) is 0. The summed E-state index contributed by atoms with van der Waals surface area (Å²) in [7, 11) is 0. The van der Waals surface area contributed by atoms with Gasteiger partial charge in [0.2, 0.25) is 0 Å². The van der Waals surface area contributed by atoms with Gasteiger partial charge in [0.25, 0.3) is 0 Å². The molecule has 0 bridgehead atoms. The minimum absolute atomic E-state index is 0.418. The van der Waals surface area contributed by atoms with E-state index in [0.29, 0.717) is 6.04 Å². The fourth-order valence-corrected chi connectivity index (χ4v) is 2.77. The normalized spacial score (nSPS) is 12.5. The molecule has 0 spiro atoms. The third kappa shape index (κ3) is 4.18. The van der Waals surface area contributed by atoms with Crippen molar-refractivity contribution in [3.63, 3.8) is 0 Å². The molecule has 1 heterocycles. The predicted molar refractivity (Wildman–Crippen MR) is 88.5 cm³/mol. The molecule has 2 rings (SSSR count). The van der Waals surface area contributed by atoms with Crippen molar-refractivity contribution < 1.29 is 0 Å². The predicted octanol–water partition coefficient (Wildman–Crippen LogP) is 3.75. The summed E-state index contributed by atoms with van der Waals surface area (Å²) in [5.41, 5.74) is 3.93. The lowest BCUT2D eigenvalue weighted by Gasteiger charge is -2.18. The second-order valence-corrected chi connectivity index (χ2v) is 5.36. The van der Waals surface area contributed by atoms with Crippen molar-refractivity contribution in [3.05, 3.63) is 53.3 Å². The number of nitrogens with zero attached hydrogens (tertiary/aromatic N) is 2. The fourth-order valence-electron chi connectivity index (χ4n) is 2.77. The Labute approximate surface area is 128 Å². The lowest BCUT2D eigenvalue weighted by molar-refractivity contribution is 0.500. The van der Waals surface area contributed by atoms with Crippen LogP contribution in [0.1, 0.15) is 50.2 Å². The largest absolute Gasteiger partial charge is 0.310 e. The van der Waals surface area contributed by atoms with E-state index in [4.69, 9.17) is 0 Å². The third-order valence-corrected chi connectivity index (χ3v) is 3.92. The molecule has 3 heteroatoms. The summed E-state index contributed by atoms with van der Waals surface area (Å²) in [6.45, 7) is 8.44. The Morgan fingerprint density at radius 1 is 1.14 bits per heavy atom. The standard InChI is InChI=1S/C18H27N3/c1-4-16-14-17(21(6-3)20-16)12-13-18(19-5-2)15-10-8-7-9-11-15/h7-11,14,18-19H,4-6,12-13H2,1-3H3. The number of benzene rings is 1.